The van der Waals surface area contributed by atoms with Crippen molar-refractivity contribution in [1.82, 2.24) is 10.6 Å². The number of amides is 2. The fraction of sp³-hybridized carbons (Fsp3) is 0.333. The van der Waals surface area contributed by atoms with Gasteiger partial charge in [0.15, 0.2) is 0 Å². The molecule has 1 rings (SSSR count). The SMILES string of the molecule is C=CC(=O)NCCNC(=O)c1cc(Cl)ccc1C(C)C. The summed E-state index contributed by atoms with van der Waals surface area (Å²) in [7, 11) is 0. The topological polar surface area (TPSA) is 58.2 Å². The Balaban J connectivity index is 2.65. The number of hydrogen-bond acceptors (Lipinski definition) is 2. The lowest BCUT2D eigenvalue weighted by Gasteiger charge is -2.13. The molecule has 0 heterocycles. The van der Waals surface area contributed by atoms with E-state index in [4.69, 9.17) is 11.6 Å². The van der Waals surface area contributed by atoms with E-state index in [-0.39, 0.29) is 17.7 Å². The molecule has 108 valence electrons. The fourth-order valence-electron chi connectivity index (χ4n) is 1.76. The molecule has 1 aromatic rings. The van der Waals surface area contributed by atoms with Crippen molar-refractivity contribution in [1.29, 1.82) is 0 Å². The maximum absolute atomic E-state index is 12.1. The normalized spacial score (nSPS) is 10.2. The minimum atomic E-state index is -0.259. The molecule has 0 spiro atoms. The second-order valence-corrected chi connectivity index (χ2v) is 5.07. The molecule has 0 aliphatic rings. The highest BCUT2D eigenvalue weighted by atomic mass is 35.5. The zero-order chi connectivity index (χ0) is 15.1. The molecule has 0 fully saturated rings. The summed E-state index contributed by atoms with van der Waals surface area (Å²) in [5.41, 5.74) is 1.52. The Hall–Kier alpha value is -1.81. The van der Waals surface area contributed by atoms with Gasteiger partial charge in [-0.25, -0.2) is 0 Å². The van der Waals surface area contributed by atoms with Crippen LogP contribution in [0.3, 0.4) is 0 Å². The minimum Gasteiger partial charge on any atom is -0.351 e. The van der Waals surface area contributed by atoms with Crippen LogP contribution in [0, 0.1) is 0 Å². The summed E-state index contributed by atoms with van der Waals surface area (Å²) < 4.78 is 0. The van der Waals surface area contributed by atoms with E-state index < -0.39 is 0 Å². The van der Waals surface area contributed by atoms with Gasteiger partial charge in [0.2, 0.25) is 5.91 Å². The molecule has 0 atom stereocenters. The molecule has 1 aromatic carbocycles. The third-order valence-electron chi connectivity index (χ3n) is 2.78. The highest BCUT2D eigenvalue weighted by molar-refractivity contribution is 6.31. The van der Waals surface area contributed by atoms with Crippen LogP contribution in [0.25, 0.3) is 0 Å². The first-order valence-corrected chi connectivity index (χ1v) is 6.81. The van der Waals surface area contributed by atoms with Crippen molar-refractivity contribution in [2.45, 2.75) is 19.8 Å². The first kappa shape index (κ1) is 16.2. The van der Waals surface area contributed by atoms with Crippen molar-refractivity contribution in [3.8, 4) is 0 Å². The first-order chi connectivity index (χ1) is 9.45. The third kappa shape index (κ3) is 4.70. The predicted molar refractivity (Wildman–Crippen MR) is 81.1 cm³/mol. The molecule has 0 radical (unpaired) electrons. The maximum atomic E-state index is 12.1. The molecule has 0 aromatic heterocycles. The van der Waals surface area contributed by atoms with Crippen LogP contribution in [0.2, 0.25) is 5.02 Å². The largest absolute Gasteiger partial charge is 0.351 e. The number of nitrogens with one attached hydrogen (secondary N) is 2. The highest BCUT2D eigenvalue weighted by Gasteiger charge is 2.14. The number of rotatable bonds is 6. The molecule has 5 heteroatoms. The smallest absolute Gasteiger partial charge is 0.251 e. The summed E-state index contributed by atoms with van der Waals surface area (Å²) in [5, 5.41) is 5.87. The van der Waals surface area contributed by atoms with Crippen molar-refractivity contribution in [3.05, 3.63) is 47.0 Å². The first-order valence-electron chi connectivity index (χ1n) is 6.43. The number of halogens is 1. The van der Waals surface area contributed by atoms with Crippen LogP contribution in [0.15, 0.2) is 30.9 Å². The second kappa shape index (κ2) is 7.70. The molecule has 0 aliphatic carbocycles. The van der Waals surface area contributed by atoms with Gasteiger partial charge in [-0.05, 0) is 29.7 Å². The van der Waals surface area contributed by atoms with E-state index in [1.165, 1.54) is 6.08 Å². The van der Waals surface area contributed by atoms with Gasteiger partial charge in [0.05, 0.1) is 0 Å². The molecule has 4 nitrogen and oxygen atoms in total. The molecule has 2 N–H and O–H groups in total. The number of carbonyl (C=O) groups is 2. The van der Waals surface area contributed by atoms with Gasteiger partial charge in [-0.3, -0.25) is 9.59 Å². The lowest BCUT2D eigenvalue weighted by Crippen LogP contribution is -2.34. The molecule has 0 saturated carbocycles. The van der Waals surface area contributed by atoms with Gasteiger partial charge in [0.1, 0.15) is 0 Å². The van der Waals surface area contributed by atoms with Gasteiger partial charge < -0.3 is 10.6 Å². The minimum absolute atomic E-state index is 0.191. The second-order valence-electron chi connectivity index (χ2n) is 4.64. The molecular weight excluding hydrogens is 276 g/mol. The molecule has 0 bridgehead atoms. The Bertz CT molecular complexity index is 513. The quantitative estimate of drug-likeness (QED) is 0.625. The Morgan fingerprint density at radius 1 is 1.30 bits per heavy atom. The Labute approximate surface area is 124 Å². The van der Waals surface area contributed by atoms with Gasteiger partial charge in [0, 0.05) is 23.7 Å². The molecular formula is C15H19ClN2O2. The maximum Gasteiger partial charge on any atom is 0.251 e. The van der Waals surface area contributed by atoms with Crippen molar-refractivity contribution in [3.63, 3.8) is 0 Å². The summed E-state index contributed by atoms with van der Waals surface area (Å²) >= 11 is 5.94. The standard InChI is InChI=1S/C15H19ClN2O2/c1-4-14(19)17-7-8-18-15(20)13-9-11(16)5-6-12(13)10(2)3/h4-6,9-10H,1,7-8H2,2-3H3,(H,17,19)(H,18,20). The van der Waals surface area contributed by atoms with Crippen LogP contribution in [-0.2, 0) is 4.79 Å². The zero-order valence-electron chi connectivity index (χ0n) is 11.7. The average Bonchev–Trinajstić information content (AvgIpc) is 2.42. The van der Waals surface area contributed by atoms with Gasteiger partial charge in [-0.15, -0.1) is 0 Å². The molecule has 2 amide bonds. The van der Waals surface area contributed by atoms with Crippen LogP contribution in [0.5, 0.6) is 0 Å². The van der Waals surface area contributed by atoms with Crippen molar-refractivity contribution >= 4 is 23.4 Å². The Morgan fingerprint density at radius 3 is 2.55 bits per heavy atom. The van der Waals surface area contributed by atoms with Gasteiger partial charge in [-0.1, -0.05) is 38.1 Å². The van der Waals surface area contributed by atoms with E-state index in [9.17, 15) is 9.59 Å². The predicted octanol–water partition coefficient (Wildman–Crippen LogP) is 2.50. The molecule has 0 aliphatic heterocycles. The van der Waals surface area contributed by atoms with E-state index in [1.807, 2.05) is 19.9 Å². The molecule has 0 unspecified atom stereocenters. The highest BCUT2D eigenvalue weighted by Crippen LogP contribution is 2.22. The number of benzene rings is 1. The summed E-state index contributed by atoms with van der Waals surface area (Å²) in [6.45, 7) is 8.09. The van der Waals surface area contributed by atoms with E-state index >= 15 is 0 Å². The van der Waals surface area contributed by atoms with Crippen molar-refractivity contribution < 1.29 is 9.59 Å². The molecule has 20 heavy (non-hydrogen) atoms. The summed E-state index contributed by atoms with van der Waals surface area (Å²) in [6.07, 6.45) is 1.19. The van der Waals surface area contributed by atoms with Crippen molar-refractivity contribution in [2.24, 2.45) is 0 Å². The Kier molecular flexibility index (Phi) is 6.25. The van der Waals surface area contributed by atoms with E-state index in [0.29, 0.717) is 23.7 Å². The molecule has 0 saturated heterocycles. The third-order valence-corrected chi connectivity index (χ3v) is 3.01. The summed E-state index contributed by atoms with van der Waals surface area (Å²) in [6, 6.07) is 5.30. The lowest BCUT2D eigenvalue weighted by molar-refractivity contribution is -0.116. The van der Waals surface area contributed by atoms with Gasteiger partial charge in [0.25, 0.3) is 5.91 Å². The average molecular weight is 295 g/mol. The van der Waals surface area contributed by atoms with Gasteiger partial charge in [-0.2, -0.15) is 0 Å². The number of hydrogen-bond donors (Lipinski definition) is 2. The van der Waals surface area contributed by atoms with E-state index in [1.54, 1.807) is 12.1 Å². The van der Waals surface area contributed by atoms with Crippen LogP contribution in [-0.4, -0.2) is 24.9 Å². The van der Waals surface area contributed by atoms with Crippen LogP contribution in [0.4, 0.5) is 0 Å². The monoisotopic (exact) mass is 294 g/mol. The summed E-state index contributed by atoms with van der Waals surface area (Å²) in [5.74, 6) is -0.220. The summed E-state index contributed by atoms with van der Waals surface area (Å²) in [4.78, 5) is 23.1. The Morgan fingerprint density at radius 2 is 1.95 bits per heavy atom. The van der Waals surface area contributed by atoms with Crippen LogP contribution >= 0.6 is 11.6 Å². The number of carbonyl (C=O) groups excluding carboxylic acids is 2. The van der Waals surface area contributed by atoms with Crippen LogP contribution < -0.4 is 10.6 Å². The zero-order valence-corrected chi connectivity index (χ0v) is 12.5. The van der Waals surface area contributed by atoms with Crippen molar-refractivity contribution in [2.75, 3.05) is 13.1 Å². The fourth-order valence-corrected chi connectivity index (χ4v) is 1.93. The van der Waals surface area contributed by atoms with Gasteiger partial charge >= 0.3 is 0 Å². The lowest BCUT2D eigenvalue weighted by atomic mass is 9.97. The van der Waals surface area contributed by atoms with E-state index in [2.05, 4.69) is 17.2 Å². The van der Waals surface area contributed by atoms with E-state index in [0.717, 1.165) is 5.56 Å². The van der Waals surface area contributed by atoms with Crippen LogP contribution in [0.1, 0.15) is 35.7 Å².